The summed E-state index contributed by atoms with van der Waals surface area (Å²) in [5.41, 5.74) is 2.01. The van der Waals surface area contributed by atoms with Gasteiger partial charge in [-0.25, -0.2) is 8.42 Å². The van der Waals surface area contributed by atoms with E-state index >= 15 is 0 Å². The van der Waals surface area contributed by atoms with Crippen LogP contribution < -0.4 is 14.4 Å². The number of anilines is 1. The lowest BCUT2D eigenvalue weighted by atomic mass is 10.0. The van der Waals surface area contributed by atoms with Crippen LogP contribution in [0, 0.1) is 0 Å². The number of para-hydroxylation sites is 1. The molecule has 0 aliphatic carbocycles. The third-order valence-electron chi connectivity index (χ3n) is 6.60. The van der Waals surface area contributed by atoms with Gasteiger partial charge in [-0.05, 0) is 54.4 Å². The number of benzene rings is 4. The highest BCUT2D eigenvalue weighted by atomic mass is 32.2. The van der Waals surface area contributed by atoms with Gasteiger partial charge >= 0.3 is 0 Å². The molecule has 0 aliphatic heterocycles. The highest BCUT2D eigenvalue weighted by Gasteiger charge is 2.32. The second kappa shape index (κ2) is 14.3. The highest BCUT2D eigenvalue weighted by Crippen LogP contribution is 2.26. The third-order valence-corrected chi connectivity index (χ3v) is 7.74. The Kier molecular flexibility index (Phi) is 10.3. The fourth-order valence-corrected chi connectivity index (χ4v) is 5.39. The zero-order chi connectivity index (χ0) is 30.0. The van der Waals surface area contributed by atoms with Crippen molar-refractivity contribution in [3.63, 3.8) is 0 Å². The minimum absolute atomic E-state index is 0.135. The summed E-state index contributed by atoms with van der Waals surface area (Å²) in [7, 11) is -3.86. The standard InChI is InChI=1S/C33H35N3O5S/c1-3-34-33(38)31(23-26-13-7-4-8-14-26)35(24-27-15-9-5-10-16-27)32(37)25-36(42(2,39)40)28-19-21-30(22-20-28)41-29-17-11-6-12-18-29/h4-22,31H,3,23-25H2,1-2H3,(H,34,38)/t31-/m0/s1. The van der Waals surface area contributed by atoms with Crippen LogP contribution in [0.5, 0.6) is 11.5 Å². The summed E-state index contributed by atoms with van der Waals surface area (Å²) in [5, 5.41) is 2.85. The van der Waals surface area contributed by atoms with Gasteiger partial charge in [0.1, 0.15) is 24.1 Å². The maximum Gasteiger partial charge on any atom is 0.244 e. The molecule has 0 bridgehead atoms. The Hall–Kier alpha value is -4.63. The first-order valence-electron chi connectivity index (χ1n) is 13.7. The SMILES string of the molecule is CCNC(=O)[C@H](Cc1ccccc1)N(Cc1ccccc1)C(=O)CN(c1ccc(Oc2ccccc2)cc1)S(C)(=O)=O. The van der Waals surface area contributed by atoms with Crippen molar-refractivity contribution < 1.29 is 22.7 Å². The number of ether oxygens (including phenoxy) is 1. The predicted octanol–water partition coefficient (Wildman–Crippen LogP) is 5.02. The van der Waals surface area contributed by atoms with Crippen molar-refractivity contribution in [2.24, 2.45) is 0 Å². The molecule has 8 nitrogen and oxygen atoms in total. The summed E-state index contributed by atoms with van der Waals surface area (Å²) in [6, 6.07) is 33.7. The molecule has 0 heterocycles. The van der Waals surface area contributed by atoms with Crippen LogP contribution in [0.1, 0.15) is 18.1 Å². The van der Waals surface area contributed by atoms with Crippen molar-refractivity contribution >= 4 is 27.5 Å². The van der Waals surface area contributed by atoms with Gasteiger partial charge in [0.05, 0.1) is 11.9 Å². The van der Waals surface area contributed by atoms with Gasteiger partial charge in [0.2, 0.25) is 21.8 Å². The predicted molar refractivity (Wildman–Crippen MR) is 165 cm³/mol. The van der Waals surface area contributed by atoms with Crippen molar-refractivity contribution in [3.8, 4) is 11.5 Å². The smallest absolute Gasteiger partial charge is 0.244 e. The first kappa shape index (κ1) is 30.3. The van der Waals surface area contributed by atoms with Crippen LogP contribution in [-0.4, -0.2) is 50.5 Å². The molecule has 0 unspecified atom stereocenters. The highest BCUT2D eigenvalue weighted by molar-refractivity contribution is 7.92. The summed E-state index contributed by atoms with van der Waals surface area (Å²) in [6.45, 7) is 1.87. The van der Waals surface area contributed by atoms with Gasteiger partial charge < -0.3 is 15.0 Å². The minimum Gasteiger partial charge on any atom is -0.457 e. The molecule has 2 amide bonds. The van der Waals surface area contributed by atoms with Gasteiger partial charge in [-0.2, -0.15) is 0 Å². The number of amides is 2. The lowest BCUT2D eigenvalue weighted by Crippen LogP contribution is -2.53. The third kappa shape index (κ3) is 8.44. The van der Waals surface area contributed by atoms with E-state index in [0.717, 1.165) is 21.7 Å². The van der Waals surface area contributed by atoms with Crippen LogP contribution in [0.15, 0.2) is 115 Å². The molecule has 0 radical (unpaired) electrons. The Labute approximate surface area is 247 Å². The fraction of sp³-hybridized carbons (Fsp3) is 0.212. The zero-order valence-corrected chi connectivity index (χ0v) is 24.5. The van der Waals surface area contributed by atoms with E-state index in [2.05, 4.69) is 5.32 Å². The molecule has 0 saturated heterocycles. The normalized spacial score (nSPS) is 11.8. The lowest BCUT2D eigenvalue weighted by molar-refractivity contribution is -0.140. The number of carbonyl (C=O) groups excluding carboxylic acids is 2. The van der Waals surface area contributed by atoms with Gasteiger partial charge in [0, 0.05) is 19.5 Å². The van der Waals surface area contributed by atoms with Gasteiger partial charge in [0.15, 0.2) is 0 Å². The molecule has 1 N–H and O–H groups in total. The van der Waals surface area contributed by atoms with Crippen LogP contribution in [0.2, 0.25) is 0 Å². The van der Waals surface area contributed by atoms with Crippen LogP contribution in [-0.2, 0) is 32.6 Å². The molecule has 0 aromatic heterocycles. The van der Waals surface area contributed by atoms with E-state index in [0.29, 0.717) is 23.7 Å². The summed E-state index contributed by atoms with van der Waals surface area (Å²) in [5.74, 6) is 0.362. The first-order chi connectivity index (χ1) is 20.2. The largest absolute Gasteiger partial charge is 0.457 e. The van der Waals surface area contributed by atoms with E-state index in [1.54, 1.807) is 24.3 Å². The van der Waals surface area contributed by atoms with Crippen molar-refractivity contribution in [2.75, 3.05) is 23.7 Å². The molecule has 42 heavy (non-hydrogen) atoms. The molecule has 0 saturated carbocycles. The van der Waals surface area contributed by atoms with Crippen molar-refractivity contribution in [1.29, 1.82) is 0 Å². The van der Waals surface area contributed by atoms with Crippen LogP contribution in [0.25, 0.3) is 0 Å². The van der Waals surface area contributed by atoms with E-state index in [9.17, 15) is 18.0 Å². The molecule has 0 fully saturated rings. The summed E-state index contributed by atoms with van der Waals surface area (Å²) >= 11 is 0. The van der Waals surface area contributed by atoms with E-state index in [1.165, 1.54) is 4.90 Å². The van der Waals surface area contributed by atoms with Crippen molar-refractivity contribution in [2.45, 2.75) is 25.9 Å². The molecular formula is C33H35N3O5S. The van der Waals surface area contributed by atoms with Crippen molar-refractivity contribution in [1.82, 2.24) is 10.2 Å². The van der Waals surface area contributed by atoms with E-state index in [-0.39, 0.29) is 18.9 Å². The quantitative estimate of drug-likeness (QED) is 0.238. The summed E-state index contributed by atoms with van der Waals surface area (Å²) in [6.07, 6.45) is 1.33. The van der Waals surface area contributed by atoms with Gasteiger partial charge in [0.25, 0.3) is 0 Å². The fourth-order valence-electron chi connectivity index (χ4n) is 4.54. The summed E-state index contributed by atoms with van der Waals surface area (Å²) in [4.78, 5) is 28.9. The average molecular weight is 586 g/mol. The number of hydrogen-bond donors (Lipinski definition) is 1. The maximum absolute atomic E-state index is 14.0. The van der Waals surface area contributed by atoms with Crippen molar-refractivity contribution in [3.05, 3.63) is 126 Å². The van der Waals surface area contributed by atoms with E-state index < -0.39 is 28.5 Å². The molecule has 218 valence electrons. The topological polar surface area (TPSA) is 96.0 Å². The Morgan fingerprint density at radius 3 is 1.83 bits per heavy atom. The molecule has 0 spiro atoms. The van der Waals surface area contributed by atoms with Gasteiger partial charge in [-0.3, -0.25) is 13.9 Å². The molecule has 4 aromatic carbocycles. The summed E-state index contributed by atoms with van der Waals surface area (Å²) < 4.78 is 32.8. The molecule has 4 rings (SSSR count). The maximum atomic E-state index is 14.0. The second-order valence-corrected chi connectivity index (χ2v) is 11.7. The Bertz CT molecular complexity index is 1550. The number of rotatable bonds is 13. The minimum atomic E-state index is -3.86. The van der Waals surface area contributed by atoms with E-state index in [4.69, 9.17) is 4.74 Å². The second-order valence-electron chi connectivity index (χ2n) is 9.79. The Morgan fingerprint density at radius 2 is 1.29 bits per heavy atom. The number of likely N-dealkylation sites (N-methyl/N-ethyl adjacent to an activating group) is 1. The Morgan fingerprint density at radius 1 is 0.762 bits per heavy atom. The van der Waals surface area contributed by atoms with Crippen LogP contribution >= 0.6 is 0 Å². The monoisotopic (exact) mass is 585 g/mol. The number of carbonyl (C=O) groups is 2. The molecule has 4 aromatic rings. The first-order valence-corrected chi connectivity index (χ1v) is 15.5. The van der Waals surface area contributed by atoms with E-state index in [1.807, 2.05) is 97.9 Å². The van der Waals surface area contributed by atoms with Crippen LogP contribution in [0.3, 0.4) is 0 Å². The van der Waals surface area contributed by atoms with Gasteiger partial charge in [-0.1, -0.05) is 78.9 Å². The molecule has 9 heteroatoms. The molecule has 0 aliphatic rings. The van der Waals surface area contributed by atoms with Gasteiger partial charge in [-0.15, -0.1) is 0 Å². The molecular weight excluding hydrogens is 550 g/mol. The number of nitrogens with one attached hydrogen (secondary N) is 1. The number of hydrogen-bond acceptors (Lipinski definition) is 5. The zero-order valence-electron chi connectivity index (χ0n) is 23.7. The number of sulfonamides is 1. The van der Waals surface area contributed by atoms with Crippen LogP contribution in [0.4, 0.5) is 5.69 Å². The Balaban J connectivity index is 1.64. The average Bonchev–Trinajstić information content (AvgIpc) is 2.99. The number of nitrogens with zero attached hydrogens (tertiary/aromatic N) is 2. The lowest BCUT2D eigenvalue weighted by Gasteiger charge is -2.33. The molecule has 1 atom stereocenters.